The number of rotatable bonds is 17. The van der Waals surface area contributed by atoms with Gasteiger partial charge in [0.2, 0.25) is 0 Å². The molecule has 0 bridgehead atoms. The number of nitrogens with one attached hydrogen (secondary N) is 1. The minimum atomic E-state index is -0.586. The van der Waals surface area contributed by atoms with E-state index in [0.717, 1.165) is 12.8 Å². The summed E-state index contributed by atoms with van der Waals surface area (Å²) < 4.78 is 5.39. The first-order chi connectivity index (χ1) is 17.3. The number of ether oxygens (including phenoxy) is 1. The molecule has 0 aliphatic carbocycles. The number of carbonyl (C=O) groups is 1. The number of amides is 1. The summed E-state index contributed by atoms with van der Waals surface area (Å²) in [4.78, 5) is 18.6. The van der Waals surface area contributed by atoms with Crippen LogP contribution >= 0.6 is 0 Å². The maximum Gasteiger partial charge on any atom is 0.408 e. The monoisotopic (exact) mass is 504 g/mol. The van der Waals surface area contributed by atoms with E-state index in [4.69, 9.17) is 9.57 Å². The van der Waals surface area contributed by atoms with Gasteiger partial charge in [-0.1, -0.05) is 108 Å². The number of aliphatic hydroxyl groups excluding tert-OH is 1. The van der Waals surface area contributed by atoms with Crippen LogP contribution in [0.15, 0.2) is 30.3 Å². The van der Waals surface area contributed by atoms with E-state index in [0.29, 0.717) is 6.54 Å². The second-order valence-corrected chi connectivity index (χ2v) is 11.4. The van der Waals surface area contributed by atoms with E-state index in [1.807, 2.05) is 39.0 Å². The van der Waals surface area contributed by atoms with Crippen LogP contribution in [0.2, 0.25) is 0 Å². The zero-order chi connectivity index (χ0) is 26.2. The van der Waals surface area contributed by atoms with Crippen molar-refractivity contribution in [1.29, 1.82) is 0 Å². The number of unbranched alkanes of at least 4 members (excludes halogenated alkanes) is 10. The van der Waals surface area contributed by atoms with Gasteiger partial charge in [0.25, 0.3) is 0 Å². The number of alkyl carbamates (subject to hydrolysis) is 1. The molecule has 0 unspecified atom stereocenters. The van der Waals surface area contributed by atoms with Gasteiger partial charge >= 0.3 is 6.09 Å². The van der Waals surface area contributed by atoms with Gasteiger partial charge in [-0.25, -0.2) is 4.79 Å². The van der Waals surface area contributed by atoms with Crippen molar-refractivity contribution in [2.75, 3.05) is 6.61 Å². The summed E-state index contributed by atoms with van der Waals surface area (Å²) in [5, 5.41) is 14.9. The lowest BCUT2D eigenvalue weighted by atomic mass is 9.98. The number of hydrogen-bond acceptors (Lipinski definition) is 5. The first-order valence-electron chi connectivity index (χ1n) is 14.4. The Balaban J connectivity index is 1.80. The Morgan fingerprint density at radius 2 is 1.61 bits per heavy atom. The number of benzene rings is 1. The molecule has 6 nitrogen and oxygen atoms in total. The van der Waals surface area contributed by atoms with E-state index in [9.17, 15) is 9.90 Å². The number of hydroxylamine groups is 2. The highest BCUT2D eigenvalue weighted by molar-refractivity contribution is 5.68. The highest BCUT2D eigenvalue weighted by atomic mass is 16.7. The van der Waals surface area contributed by atoms with Crippen molar-refractivity contribution in [2.45, 2.75) is 141 Å². The van der Waals surface area contributed by atoms with Gasteiger partial charge < -0.3 is 15.2 Å². The SMILES string of the molecule is CCCCCCCCCCCCC[C@@H]1C[C@@H]([C@H](CO)NC(=O)OC(C)(C)C)ON1Cc1ccccc1. The fraction of sp³-hybridized carbons (Fsp3) is 0.767. The largest absolute Gasteiger partial charge is 0.444 e. The topological polar surface area (TPSA) is 71.0 Å². The van der Waals surface area contributed by atoms with Crippen LogP contribution in [0, 0.1) is 0 Å². The molecule has 0 radical (unpaired) electrons. The molecule has 1 aromatic carbocycles. The van der Waals surface area contributed by atoms with Gasteiger partial charge in [0.05, 0.1) is 12.6 Å². The average molecular weight is 505 g/mol. The Hall–Kier alpha value is -1.63. The highest BCUT2D eigenvalue weighted by Gasteiger charge is 2.38. The van der Waals surface area contributed by atoms with E-state index in [-0.39, 0.29) is 18.8 Å². The van der Waals surface area contributed by atoms with Crippen LogP contribution in [0.1, 0.15) is 117 Å². The summed E-state index contributed by atoms with van der Waals surface area (Å²) in [5.74, 6) is 0. The normalized spacial score (nSPS) is 19.4. The number of hydrogen-bond donors (Lipinski definition) is 2. The molecule has 1 aromatic rings. The van der Waals surface area contributed by atoms with E-state index in [1.165, 1.54) is 76.2 Å². The summed E-state index contributed by atoms with van der Waals surface area (Å²) in [7, 11) is 0. The summed E-state index contributed by atoms with van der Waals surface area (Å²) in [6, 6.07) is 10.1. The maximum atomic E-state index is 12.3. The molecular formula is C30H52N2O4. The van der Waals surface area contributed by atoms with Crippen LogP contribution in [0.4, 0.5) is 4.79 Å². The van der Waals surface area contributed by atoms with E-state index in [2.05, 4.69) is 29.4 Å². The predicted octanol–water partition coefficient (Wildman–Crippen LogP) is 7.15. The molecule has 0 aromatic heterocycles. The van der Waals surface area contributed by atoms with Gasteiger partial charge in [-0.2, -0.15) is 5.06 Å². The van der Waals surface area contributed by atoms with Crippen LogP contribution in [-0.2, 0) is 16.1 Å². The summed E-state index contributed by atoms with van der Waals surface area (Å²) in [6.07, 6.45) is 15.7. The summed E-state index contributed by atoms with van der Waals surface area (Å²) in [5.41, 5.74) is 0.611. The lowest BCUT2D eigenvalue weighted by Crippen LogP contribution is -2.47. The van der Waals surface area contributed by atoms with E-state index < -0.39 is 17.7 Å². The quantitative estimate of drug-likeness (QED) is 0.220. The summed E-state index contributed by atoms with van der Waals surface area (Å²) >= 11 is 0. The standard InChI is InChI=1S/C30H52N2O4/c1-5-6-7-8-9-10-11-12-13-14-18-21-26-22-28(27(24-33)31-29(34)35-30(2,3)4)36-32(26)23-25-19-16-15-17-20-25/h15-17,19-20,26-28,33H,5-14,18,21-24H2,1-4H3,(H,31,34)/t26-,27+,28+/m1/s1. The first-order valence-corrected chi connectivity index (χ1v) is 14.4. The molecule has 6 heteroatoms. The van der Waals surface area contributed by atoms with Gasteiger partial charge in [-0.05, 0) is 39.2 Å². The number of carbonyl (C=O) groups excluding carboxylic acids is 1. The second-order valence-electron chi connectivity index (χ2n) is 11.4. The smallest absolute Gasteiger partial charge is 0.408 e. The van der Waals surface area contributed by atoms with Crippen LogP contribution in [-0.4, -0.2) is 46.7 Å². The van der Waals surface area contributed by atoms with Crippen LogP contribution < -0.4 is 5.32 Å². The minimum absolute atomic E-state index is 0.186. The Morgan fingerprint density at radius 3 is 2.17 bits per heavy atom. The minimum Gasteiger partial charge on any atom is -0.444 e. The zero-order valence-corrected chi connectivity index (χ0v) is 23.3. The molecule has 2 rings (SSSR count). The van der Waals surface area contributed by atoms with E-state index >= 15 is 0 Å². The van der Waals surface area contributed by atoms with Gasteiger partial charge in [0, 0.05) is 12.6 Å². The van der Waals surface area contributed by atoms with Crippen molar-refractivity contribution < 1.29 is 19.5 Å². The van der Waals surface area contributed by atoms with Crippen LogP contribution in [0.25, 0.3) is 0 Å². The fourth-order valence-electron chi connectivity index (χ4n) is 4.88. The third-order valence-electron chi connectivity index (χ3n) is 6.85. The van der Waals surface area contributed by atoms with Crippen molar-refractivity contribution in [3.63, 3.8) is 0 Å². The molecule has 36 heavy (non-hydrogen) atoms. The van der Waals surface area contributed by atoms with Gasteiger partial charge in [0.1, 0.15) is 11.7 Å². The van der Waals surface area contributed by atoms with Crippen molar-refractivity contribution >= 4 is 6.09 Å². The molecule has 1 heterocycles. The lowest BCUT2D eigenvalue weighted by Gasteiger charge is -2.26. The second kappa shape index (κ2) is 17.0. The van der Waals surface area contributed by atoms with Crippen molar-refractivity contribution in [3.8, 4) is 0 Å². The maximum absolute atomic E-state index is 12.3. The van der Waals surface area contributed by atoms with Crippen molar-refractivity contribution in [2.24, 2.45) is 0 Å². The lowest BCUT2D eigenvalue weighted by molar-refractivity contribution is -0.178. The van der Waals surface area contributed by atoms with Gasteiger partial charge in [0.15, 0.2) is 0 Å². The van der Waals surface area contributed by atoms with Gasteiger partial charge in [-0.3, -0.25) is 4.84 Å². The molecule has 1 saturated heterocycles. The van der Waals surface area contributed by atoms with Crippen molar-refractivity contribution in [1.82, 2.24) is 10.4 Å². The van der Waals surface area contributed by atoms with Crippen LogP contribution in [0.3, 0.4) is 0 Å². The Labute approximate surface area is 220 Å². The molecule has 0 spiro atoms. The van der Waals surface area contributed by atoms with Crippen LogP contribution in [0.5, 0.6) is 0 Å². The third-order valence-corrected chi connectivity index (χ3v) is 6.85. The first kappa shape index (κ1) is 30.6. The number of nitrogens with zero attached hydrogens (tertiary/aromatic N) is 1. The fourth-order valence-corrected chi connectivity index (χ4v) is 4.88. The summed E-state index contributed by atoms with van der Waals surface area (Å²) in [6.45, 7) is 8.27. The molecule has 1 aliphatic rings. The van der Waals surface area contributed by atoms with Gasteiger partial charge in [-0.15, -0.1) is 0 Å². The Kier molecular flexibility index (Phi) is 14.4. The molecule has 1 fully saturated rings. The Bertz CT molecular complexity index is 707. The molecule has 1 amide bonds. The van der Waals surface area contributed by atoms with E-state index in [1.54, 1.807) is 0 Å². The third kappa shape index (κ3) is 12.6. The molecule has 2 N–H and O–H groups in total. The highest BCUT2D eigenvalue weighted by Crippen LogP contribution is 2.29. The van der Waals surface area contributed by atoms with Crippen molar-refractivity contribution in [3.05, 3.63) is 35.9 Å². The zero-order valence-electron chi connectivity index (χ0n) is 23.3. The predicted molar refractivity (Wildman–Crippen MR) is 147 cm³/mol. The molecule has 0 saturated carbocycles. The number of aliphatic hydroxyl groups is 1. The Morgan fingerprint density at radius 1 is 1.03 bits per heavy atom. The molecular weight excluding hydrogens is 452 g/mol. The average Bonchev–Trinajstić information content (AvgIpc) is 3.22. The molecule has 1 aliphatic heterocycles. The molecule has 3 atom stereocenters. The molecule has 206 valence electrons.